The van der Waals surface area contributed by atoms with E-state index in [1.165, 1.54) is 5.57 Å². The fourth-order valence-electron chi connectivity index (χ4n) is 1.10. The van der Waals surface area contributed by atoms with Gasteiger partial charge in [-0.05, 0) is 24.0 Å². The summed E-state index contributed by atoms with van der Waals surface area (Å²) >= 11 is 0. The molecule has 16 heavy (non-hydrogen) atoms. The van der Waals surface area contributed by atoms with Crippen molar-refractivity contribution < 1.29 is 0 Å². The molecule has 0 saturated heterocycles. The highest BCUT2D eigenvalue weighted by atomic mass is 14.6. The van der Waals surface area contributed by atoms with Crippen molar-refractivity contribution in [1.82, 2.24) is 0 Å². The van der Waals surface area contributed by atoms with Gasteiger partial charge in [-0.3, -0.25) is 0 Å². The first-order valence-corrected chi connectivity index (χ1v) is 5.90. The maximum atomic E-state index is 6.12. The lowest BCUT2D eigenvalue weighted by molar-refractivity contribution is 0.485. The second-order valence-electron chi connectivity index (χ2n) is 6.25. The second kappa shape index (κ2) is 5.38. The van der Waals surface area contributed by atoms with Crippen molar-refractivity contribution in [2.24, 2.45) is 16.6 Å². The molecule has 0 aliphatic rings. The Labute approximate surface area is 101 Å². The first kappa shape index (κ1) is 15.0. The Hall–Kier alpha value is -0.980. The zero-order valence-corrected chi connectivity index (χ0v) is 11.9. The first-order valence-electron chi connectivity index (χ1n) is 5.90. The largest absolute Gasteiger partial charge is 0.402 e. The summed E-state index contributed by atoms with van der Waals surface area (Å²) in [5.74, 6) is 0. The van der Waals surface area contributed by atoms with E-state index in [4.69, 9.17) is 5.73 Å². The van der Waals surface area contributed by atoms with E-state index in [1.54, 1.807) is 0 Å². The molecular formula is C15H27N. The van der Waals surface area contributed by atoms with E-state index in [0.29, 0.717) is 0 Å². The predicted molar refractivity (Wildman–Crippen MR) is 74.1 cm³/mol. The van der Waals surface area contributed by atoms with Gasteiger partial charge in [0.15, 0.2) is 0 Å². The van der Waals surface area contributed by atoms with E-state index in [-0.39, 0.29) is 10.8 Å². The number of rotatable bonds is 2. The van der Waals surface area contributed by atoms with Gasteiger partial charge in [-0.1, -0.05) is 59.8 Å². The van der Waals surface area contributed by atoms with Gasteiger partial charge >= 0.3 is 0 Å². The van der Waals surface area contributed by atoms with Crippen LogP contribution in [0.15, 0.2) is 35.6 Å². The molecule has 0 heterocycles. The maximum absolute atomic E-state index is 6.12. The molecule has 0 aliphatic heterocycles. The molecule has 0 radical (unpaired) electrons. The second-order valence-corrected chi connectivity index (χ2v) is 6.25. The SMILES string of the molecule is C\C=C/C=C(\C=C(/N)C(C)(C)C)C(C)(C)C. The van der Waals surface area contributed by atoms with Crippen LogP contribution in [-0.2, 0) is 0 Å². The van der Waals surface area contributed by atoms with E-state index in [0.717, 1.165) is 5.70 Å². The Bertz CT molecular complexity index is 303. The molecular weight excluding hydrogens is 194 g/mol. The van der Waals surface area contributed by atoms with Crippen LogP contribution in [0.5, 0.6) is 0 Å². The molecule has 1 nitrogen and oxygen atoms in total. The van der Waals surface area contributed by atoms with Crippen LogP contribution in [0, 0.1) is 10.8 Å². The van der Waals surface area contributed by atoms with E-state index in [1.807, 2.05) is 13.0 Å². The summed E-state index contributed by atoms with van der Waals surface area (Å²) in [6.07, 6.45) is 8.35. The monoisotopic (exact) mass is 221 g/mol. The summed E-state index contributed by atoms with van der Waals surface area (Å²) < 4.78 is 0. The Morgan fingerprint density at radius 3 is 1.75 bits per heavy atom. The van der Waals surface area contributed by atoms with Gasteiger partial charge < -0.3 is 5.73 Å². The normalized spacial score (nSPS) is 15.9. The molecule has 0 spiro atoms. The van der Waals surface area contributed by atoms with Crippen LogP contribution in [-0.4, -0.2) is 0 Å². The van der Waals surface area contributed by atoms with Crippen LogP contribution < -0.4 is 5.73 Å². The molecule has 0 aromatic carbocycles. The number of hydrogen-bond acceptors (Lipinski definition) is 1. The lowest BCUT2D eigenvalue weighted by Crippen LogP contribution is -2.19. The quantitative estimate of drug-likeness (QED) is 0.686. The predicted octanol–water partition coefficient (Wildman–Crippen LogP) is 4.42. The minimum atomic E-state index is 0.0280. The van der Waals surface area contributed by atoms with E-state index >= 15 is 0 Å². The van der Waals surface area contributed by atoms with Crippen molar-refractivity contribution >= 4 is 0 Å². The van der Waals surface area contributed by atoms with Crippen LogP contribution in [0.2, 0.25) is 0 Å². The van der Waals surface area contributed by atoms with Gasteiger partial charge in [-0.25, -0.2) is 0 Å². The van der Waals surface area contributed by atoms with E-state index < -0.39 is 0 Å². The molecule has 0 atom stereocenters. The Balaban J connectivity index is 5.27. The van der Waals surface area contributed by atoms with Crippen LogP contribution in [0.3, 0.4) is 0 Å². The van der Waals surface area contributed by atoms with Crippen molar-refractivity contribution in [2.45, 2.75) is 48.5 Å². The fraction of sp³-hybridized carbons (Fsp3) is 0.600. The average molecular weight is 221 g/mol. The number of nitrogens with two attached hydrogens (primary N) is 1. The van der Waals surface area contributed by atoms with E-state index in [9.17, 15) is 0 Å². The highest BCUT2D eigenvalue weighted by Gasteiger charge is 2.19. The Kier molecular flexibility index (Phi) is 5.05. The zero-order valence-electron chi connectivity index (χ0n) is 11.9. The molecule has 0 aliphatic carbocycles. The van der Waals surface area contributed by atoms with Crippen LogP contribution >= 0.6 is 0 Å². The molecule has 0 fully saturated rings. The summed E-state index contributed by atoms with van der Waals surface area (Å²) in [4.78, 5) is 0. The van der Waals surface area contributed by atoms with Crippen molar-refractivity contribution in [1.29, 1.82) is 0 Å². The summed E-state index contributed by atoms with van der Waals surface area (Å²) in [5, 5.41) is 0. The molecule has 0 unspecified atom stereocenters. The first-order chi connectivity index (χ1) is 7.09. The van der Waals surface area contributed by atoms with Gasteiger partial charge in [0.05, 0.1) is 0 Å². The third-order valence-electron chi connectivity index (χ3n) is 2.51. The van der Waals surface area contributed by atoms with Gasteiger partial charge in [-0.2, -0.15) is 0 Å². The van der Waals surface area contributed by atoms with Gasteiger partial charge in [0.1, 0.15) is 0 Å². The standard InChI is InChI=1S/C15H27N/c1-8-9-10-12(14(2,3)4)11-13(16)15(5,6)7/h8-11H,16H2,1-7H3/b9-8-,12-10+,13-11-. The molecule has 0 amide bonds. The van der Waals surface area contributed by atoms with Crippen molar-refractivity contribution in [3.05, 3.63) is 35.6 Å². The molecule has 0 saturated carbocycles. The topological polar surface area (TPSA) is 26.0 Å². The number of hydrogen-bond donors (Lipinski definition) is 1. The van der Waals surface area contributed by atoms with Gasteiger partial charge in [0.2, 0.25) is 0 Å². The van der Waals surface area contributed by atoms with Gasteiger partial charge in [0.25, 0.3) is 0 Å². The van der Waals surface area contributed by atoms with Crippen LogP contribution in [0.25, 0.3) is 0 Å². The third-order valence-corrected chi connectivity index (χ3v) is 2.51. The zero-order chi connectivity index (χ0) is 13.0. The molecule has 0 rings (SSSR count). The molecule has 0 aromatic rings. The highest BCUT2D eigenvalue weighted by Crippen LogP contribution is 2.30. The summed E-state index contributed by atoms with van der Waals surface area (Å²) in [6.45, 7) is 15.0. The van der Waals surface area contributed by atoms with Gasteiger partial charge in [0, 0.05) is 11.1 Å². The van der Waals surface area contributed by atoms with Gasteiger partial charge in [-0.15, -0.1) is 0 Å². The summed E-state index contributed by atoms with van der Waals surface area (Å²) in [5.41, 5.74) is 8.46. The summed E-state index contributed by atoms with van der Waals surface area (Å²) in [6, 6.07) is 0. The van der Waals surface area contributed by atoms with Crippen molar-refractivity contribution in [2.75, 3.05) is 0 Å². The minimum Gasteiger partial charge on any atom is -0.402 e. The molecule has 92 valence electrons. The minimum absolute atomic E-state index is 0.0280. The lowest BCUT2D eigenvalue weighted by Gasteiger charge is -2.24. The molecule has 1 heteroatoms. The lowest BCUT2D eigenvalue weighted by atomic mass is 9.82. The maximum Gasteiger partial charge on any atom is 0.0138 e. The highest BCUT2D eigenvalue weighted by molar-refractivity contribution is 5.32. The molecule has 0 aromatic heterocycles. The van der Waals surface area contributed by atoms with Crippen LogP contribution in [0.4, 0.5) is 0 Å². The van der Waals surface area contributed by atoms with Crippen molar-refractivity contribution in [3.8, 4) is 0 Å². The number of allylic oxidation sites excluding steroid dienone is 6. The van der Waals surface area contributed by atoms with E-state index in [2.05, 4.69) is 59.8 Å². The molecule has 2 N–H and O–H groups in total. The molecule has 0 bridgehead atoms. The average Bonchev–Trinajstić information content (AvgIpc) is 2.08. The Morgan fingerprint density at radius 2 is 1.44 bits per heavy atom. The van der Waals surface area contributed by atoms with Crippen molar-refractivity contribution in [3.63, 3.8) is 0 Å². The smallest absolute Gasteiger partial charge is 0.0138 e. The third kappa shape index (κ3) is 5.20. The summed E-state index contributed by atoms with van der Waals surface area (Å²) in [7, 11) is 0. The Morgan fingerprint density at radius 1 is 0.938 bits per heavy atom. The fourth-order valence-corrected chi connectivity index (χ4v) is 1.10. The van der Waals surface area contributed by atoms with Crippen LogP contribution in [0.1, 0.15) is 48.5 Å².